The van der Waals surface area contributed by atoms with Crippen LogP contribution in [0.1, 0.15) is 44.6 Å². The molecule has 2 rings (SSSR count). The number of rotatable bonds is 4. The third-order valence-corrected chi connectivity index (χ3v) is 3.95. The molecule has 0 spiro atoms. The summed E-state index contributed by atoms with van der Waals surface area (Å²) in [6, 6.07) is 5.84. The summed E-state index contributed by atoms with van der Waals surface area (Å²) < 4.78 is 13.4. The molecule has 0 radical (unpaired) electrons. The van der Waals surface area contributed by atoms with Crippen LogP contribution in [0.25, 0.3) is 0 Å². The van der Waals surface area contributed by atoms with Crippen molar-refractivity contribution < 1.29 is 4.39 Å². The van der Waals surface area contributed by atoms with E-state index < -0.39 is 0 Å². The largest absolute Gasteiger partial charge is 0.396 e. The Morgan fingerprint density at radius 1 is 1.28 bits per heavy atom. The van der Waals surface area contributed by atoms with Gasteiger partial charge in [0, 0.05) is 12.6 Å². The van der Waals surface area contributed by atoms with Gasteiger partial charge in [0.25, 0.3) is 0 Å². The van der Waals surface area contributed by atoms with E-state index in [1.807, 2.05) is 6.07 Å². The highest BCUT2D eigenvalue weighted by atomic mass is 19.1. The number of hydrogen-bond acceptors (Lipinski definition) is 2. The van der Waals surface area contributed by atoms with Gasteiger partial charge in [-0.3, -0.25) is 4.90 Å². The highest BCUT2D eigenvalue weighted by Gasteiger charge is 2.20. The minimum absolute atomic E-state index is 0.236. The zero-order chi connectivity index (χ0) is 13.0. The van der Waals surface area contributed by atoms with Gasteiger partial charge >= 0.3 is 0 Å². The summed E-state index contributed by atoms with van der Waals surface area (Å²) >= 11 is 0. The van der Waals surface area contributed by atoms with Crippen molar-refractivity contribution in [1.29, 1.82) is 0 Å². The standard InChI is InChI=1S/C15H23FN2/c1-2-18(13-6-4-3-5-7-13)11-12-8-9-15(17)14(16)10-12/h8-10,13H,2-7,11,17H2,1H3. The van der Waals surface area contributed by atoms with Crippen LogP contribution >= 0.6 is 0 Å². The molecule has 0 aromatic heterocycles. The first kappa shape index (κ1) is 13.3. The molecule has 0 heterocycles. The molecule has 1 aliphatic carbocycles. The Morgan fingerprint density at radius 2 is 2.00 bits per heavy atom. The summed E-state index contributed by atoms with van der Waals surface area (Å²) in [6.07, 6.45) is 6.59. The number of anilines is 1. The van der Waals surface area contributed by atoms with Crippen LogP contribution in [0.4, 0.5) is 10.1 Å². The summed E-state index contributed by atoms with van der Waals surface area (Å²) in [4.78, 5) is 2.46. The van der Waals surface area contributed by atoms with E-state index in [2.05, 4.69) is 11.8 Å². The van der Waals surface area contributed by atoms with Crippen LogP contribution in [-0.2, 0) is 6.54 Å². The van der Waals surface area contributed by atoms with Gasteiger partial charge in [0.2, 0.25) is 0 Å². The van der Waals surface area contributed by atoms with E-state index in [0.717, 1.165) is 18.7 Å². The van der Waals surface area contributed by atoms with Crippen LogP contribution in [0.5, 0.6) is 0 Å². The SMILES string of the molecule is CCN(Cc1ccc(N)c(F)c1)C1CCCCC1. The minimum atomic E-state index is -0.299. The van der Waals surface area contributed by atoms with Gasteiger partial charge in [-0.1, -0.05) is 32.3 Å². The van der Waals surface area contributed by atoms with Crippen molar-refractivity contribution in [2.24, 2.45) is 0 Å². The van der Waals surface area contributed by atoms with Gasteiger partial charge in [0.05, 0.1) is 5.69 Å². The van der Waals surface area contributed by atoms with Crippen LogP contribution in [-0.4, -0.2) is 17.5 Å². The van der Waals surface area contributed by atoms with Gasteiger partial charge in [-0.05, 0) is 37.1 Å². The first-order chi connectivity index (χ1) is 8.70. The topological polar surface area (TPSA) is 29.3 Å². The van der Waals surface area contributed by atoms with Crippen molar-refractivity contribution in [3.8, 4) is 0 Å². The van der Waals surface area contributed by atoms with Crippen LogP contribution < -0.4 is 5.73 Å². The zero-order valence-electron chi connectivity index (χ0n) is 11.2. The molecule has 0 saturated heterocycles. The number of benzene rings is 1. The van der Waals surface area contributed by atoms with Crippen molar-refractivity contribution in [1.82, 2.24) is 4.90 Å². The average Bonchev–Trinajstić information content (AvgIpc) is 2.41. The minimum Gasteiger partial charge on any atom is -0.396 e. The van der Waals surface area contributed by atoms with Gasteiger partial charge in [0.15, 0.2) is 0 Å². The Kier molecular flexibility index (Phi) is 4.59. The normalized spacial score (nSPS) is 17.3. The first-order valence-corrected chi connectivity index (χ1v) is 6.98. The molecular weight excluding hydrogens is 227 g/mol. The molecule has 2 N–H and O–H groups in total. The van der Waals surface area contributed by atoms with Crippen LogP contribution in [0, 0.1) is 5.82 Å². The molecule has 1 fully saturated rings. The number of nitrogen functional groups attached to an aromatic ring is 1. The molecule has 1 saturated carbocycles. The molecule has 0 atom stereocenters. The molecule has 18 heavy (non-hydrogen) atoms. The molecule has 0 aliphatic heterocycles. The maximum Gasteiger partial charge on any atom is 0.146 e. The second kappa shape index (κ2) is 6.19. The fourth-order valence-electron chi connectivity index (χ4n) is 2.85. The Labute approximate surface area is 109 Å². The van der Waals surface area contributed by atoms with Gasteiger partial charge in [-0.15, -0.1) is 0 Å². The second-order valence-electron chi connectivity index (χ2n) is 5.21. The number of halogens is 1. The molecule has 0 bridgehead atoms. The van der Waals surface area contributed by atoms with Gasteiger partial charge in [-0.2, -0.15) is 0 Å². The average molecular weight is 250 g/mol. The van der Waals surface area contributed by atoms with Crippen LogP contribution in [0.2, 0.25) is 0 Å². The van der Waals surface area contributed by atoms with E-state index in [0.29, 0.717) is 6.04 Å². The van der Waals surface area contributed by atoms with Gasteiger partial charge in [0.1, 0.15) is 5.82 Å². The van der Waals surface area contributed by atoms with Crippen LogP contribution in [0.3, 0.4) is 0 Å². The second-order valence-corrected chi connectivity index (χ2v) is 5.21. The summed E-state index contributed by atoms with van der Waals surface area (Å²) in [6.45, 7) is 4.04. The highest BCUT2D eigenvalue weighted by Crippen LogP contribution is 2.24. The van der Waals surface area contributed by atoms with Crippen molar-refractivity contribution in [2.75, 3.05) is 12.3 Å². The van der Waals surface area contributed by atoms with E-state index in [-0.39, 0.29) is 11.5 Å². The monoisotopic (exact) mass is 250 g/mol. The maximum atomic E-state index is 13.4. The molecule has 1 aromatic carbocycles. The van der Waals surface area contributed by atoms with E-state index in [9.17, 15) is 4.39 Å². The van der Waals surface area contributed by atoms with E-state index >= 15 is 0 Å². The van der Waals surface area contributed by atoms with E-state index in [1.165, 1.54) is 32.1 Å². The lowest BCUT2D eigenvalue weighted by Gasteiger charge is -2.33. The molecule has 0 amide bonds. The Morgan fingerprint density at radius 3 is 2.61 bits per heavy atom. The van der Waals surface area contributed by atoms with E-state index in [4.69, 9.17) is 5.73 Å². The molecule has 1 aliphatic rings. The fourth-order valence-corrected chi connectivity index (χ4v) is 2.85. The summed E-state index contributed by atoms with van der Waals surface area (Å²) in [5, 5.41) is 0. The lowest BCUT2D eigenvalue weighted by Crippen LogP contribution is -2.36. The Balaban J connectivity index is 2.02. The maximum absolute atomic E-state index is 13.4. The fraction of sp³-hybridized carbons (Fsp3) is 0.600. The third kappa shape index (κ3) is 3.22. The highest BCUT2D eigenvalue weighted by molar-refractivity contribution is 5.41. The lowest BCUT2D eigenvalue weighted by molar-refractivity contribution is 0.156. The number of nitrogens with two attached hydrogens (primary N) is 1. The summed E-state index contributed by atoms with van der Waals surface area (Å²) in [5.74, 6) is -0.299. The third-order valence-electron chi connectivity index (χ3n) is 3.95. The van der Waals surface area contributed by atoms with Crippen molar-refractivity contribution in [2.45, 2.75) is 51.6 Å². The van der Waals surface area contributed by atoms with Gasteiger partial charge < -0.3 is 5.73 Å². The zero-order valence-corrected chi connectivity index (χ0v) is 11.2. The van der Waals surface area contributed by atoms with Crippen molar-refractivity contribution in [3.05, 3.63) is 29.6 Å². The summed E-state index contributed by atoms with van der Waals surface area (Å²) in [5.41, 5.74) is 6.76. The van der Waals surface area contributed by atoms with Crippen molar-refractivity contribution in [3.63, 3.8) is 0 Å². The Bertz CT molecular complexity index is 386. The molecule has 3 heteroatoms. The number of nitrogens with zero attached hydrogens (tertiary/aromatic N) is 1. The molecule has 2 nitrogen and oxygen atoms in total. The molecule has 100 valence electrons. The van der Waals surface area contributed by atoms with E-state index in [1.54, 1.807) is 12.1 Å². The lowest BCUT2D eigenvalue weighted by atomic mass is 9.94. The molecule has 0 unspecified atom stereocenters. The molecular formula is C15H23FN2. The van der Waals surface area contributed by atoms with Crippen LogP contribution in [0.15, 0.2) is 18.2 Å². The predicted molar refractivity (Wildman–Crippen MR) is 73.8 cm³/mol. The first-order valence-electron chi connectivity index (χ1n) is 6.98. The predicted octanol–water partition coefficient (Wildman–Crippen LogP) is 3.56. The smallest absolute Gasteiger partial charge is 0.146 e. The summed E-state index contributed by atoms with van der Waals surface area (Å²) in [7, 11) is 0. The Hall–Kier alpha value is -1.09. The quantitative estimate of drug-likeness (QED) is 0.828. The number of hydrogen-bond donors (Lipinski definition) is 1. The van der Waals surface area contributed by atoms with Gasteiger partial charge in [-0.25, -0.2) is 4.39 Å². The molecule has 1 aromatic rings. The van der Waals surface area contributed by atoms with Crippen molar-refractivity contribution >= 4 is 5.69 Å².